The van der Waals surface area contributed by atoms with Crippen LogP contribution in [0.1, 0.15) is 81.4 Å². The van der Waals surface area contributed by atoms with Gasteiger partial charge in [-0.1, -0.05) is 44.9 Å². The van der Waals surface area contributed by atoms with Gasteiger partial charge < -0.3 is 34.1 Å². The molecule has 13 heteroatoms. The van der Waals surface area contributed by atoms with Crippen LogP contribution < -0.4 is 74.6 Å². The fourth-order valence-electron chi connectivity index (χ4n) is 2.18. The summed E-state index contributed by atoms with van der Waals surface area (Å²) in [6.45, 7) is 3.72. The second kappa shape index (κ2) is 32.4. The molecule has 10 nitrogen and oxygen atoms in total. The summed E-state index contributed by atoms with van der Waals surface area (Å²) in [7, 11) is -5.30. The summed E-state index contributed by atoms with van der Waals surface area (Å²) in [5, 5.41) is 0. The van der Waals surface area contributed by atoms with Crippen molar-refractivity contribution in [2.45, 2.75) is 71.8 Å². The number of amides is 1. The average Bonchev–Trinajstić information content (AvgIpc) is 2.85. The summed E-state index contributed by atoms with van der Waals surface area (Å²) in [6, 6.07) is 0. The molecule has 0 unspecified atom stereocenters. The van der Waals surface area contributed by atoms with Crippen molar-refractivity contribution in [3.05, 3.63) is 0 Å². The molecule has 41 heavy (non-hydrogen) atoms. The molecule has 1 amide bonds. The minimum atomic E-state index is -5.30. The summed E-state index contributed by atoms with van der Waals surface area (Å²) in [4.78, 5) is 54.3. The monoisotopic (exact) mass is 623 g/mol. The smallest absolute Gasteiger partial charge is 0.790 e. The van der Waals surface area contributed by atoms with Crippen LogP contribution in [0.4, 0.5) is 0 Å². The predicted octanol–water partition coefficient (Wildman–Crippen LogP) is -2.72. The van der Waals surface area contributed by atoms with Gasteiger partial charge >= 0.3 is 71.1 Å². The zero-order valence-electron chi connectivity index (χ0n) is 24.1. The first-order chi connectivity index (χ1) is 18.5. The summed E-state index contributed by atoms with van der Waals surface area (Å²) in [5.41, 5.74) is 4.47. The second-order valence-corrected chi connectivity index (χ2v) is 8.36. The molecular formula is C28H52NNa2O9P. The Morgan fingerprint density at radius 1 is 0.829 bits per heavy atom. The van der Waals surface area contributed by atoms with E-state index in [0.717, 1.165) is 32.1 Å². The number of primary amides is 1. The van der Waals surface area contributed by atoms with Crippen LogP contribution in [0.15, 0.2) is 0 Å². The van der Waals surface area contributed by atoms with Crippen LogP contribution in [0, 0.1) is 71.0 Å². The fourth-order valence-corrected chi connectivity index (χ4v) is 2.53. The number of phosphoric acid groups is 1. The van der Waals surface area contributed by atoms with Crippen LogP contribution in [0.3, 0.4) is 0 Å². The number of nitrogens with two attached hydrogens (primary N) is 1. The Morgan fingerprint density at radius 3 is 1.78 bits per heavy atom. The van der Waals surface area contributed by atoms with Crippen molar-refractivity contribution < 1.29 is 118 Å². The van der Waals surface area contributed by atoms with E-state index < -0.39 is 39.1 Å². The number of esters is 2. The quantitative estimate of drug-likeness (QED) is 0.0573. The first-order valence-corrected chi connectivity index (χ1v) is 13.2. The Bertz CT molecular complexity index is 1260. The zero-order chi connectivity index (χ0) is 29.8. The van der Waals surface area contributed by atoms with Gasteiger partial charge in [-0.25, -0.2) is 4.79 Å². The van der Waals surface area contributed by atoms with E-state index in [0.29, 0.717) is 6.42 Å². The van der Waals surface area contributed by atoms with Gasteiger partial charge in [0, 0.05) is 35.0 Å². The average molecular weight is 624 g/mol. The van der Waals surface area contributed by atoms with E-state index in [-0.39, 0.29) is 87.1 Å². The van der Waals surface area contributed by atoms with Crippen LogP contribution in [0.25, 0.3) is 0 Å². The maximum Gasteiger partial charge on any atom is 1.00 e. The number of hydrogen-bond acceptors (Lipinski definition) is 9. The van der Waals surface area contributed by atoms with Crippen molar-refractivity contribution in [3.8, 4) is 71.0 Å². The maximum absolute atomic E-state index is 12.0. The standard InChI is InChI=1S/C26H27O8P.C2H5NO.2Na.11H2/c1-3-5-7-9-11-12-13-14-15-17-18-20-25(27)32-22-24(23-33-35(29,30)31)34-26(28)21-19-16-10-8-6-4-2;1-2(3)4;;;;;;;;;;;;;/h24H,4,6,8,10,16,19,21-23H2,1-2H3,(H2,29,30,31);1H3,(H2,3,4);;;11*1H/q;;2*+1;;;;;;;;;;;/p-2/t24-;;;;;;;;;;;;;;/m0............../s1. The van der Waals surface area contributed by atoms with E-state index in [2.05, 4.69) is 88.2 Å². The first kappa shape index (κ1) is 45.9. The molecule has 1 atom stereocenters. The molecule has 0 spiro atoms. The molecule has 2 N–H and O–H groups in total. The second-order valence-electron chi connectivity index (χ2n) is 7.21. The van der Waals surface area contributed by atoms with Gasteiger partial charge in [0.25, 0.3) is 0 Å². The Hall–Kier alpha value is -2.12. The third-order valence-corrected chi connectivity index (χ3v) is 4.17. The summed E-state index contributed by atoms with van der Waals surface area (Å²) >= 11 is 0. The molecule has 0 aromatic heterocycles. The van der Waals surface area contributed by atoms with Gasteiger partial charge in [-0.05, 0) is 72.5 Å². The van der Waals surface area contributed by atoms with Gasteiger partial charge in [0.1, 0.15) is 6.61 Å². The van der Waals surface area contributed by atoms with E-state index in [1.54, 1.807) is 6.92 Å². The number of carbonyl (C=O) groups is 3. The molecule has 0 radical (unpaired) electrons. The Balaban J connectivity index is -0.0000000587. The number of rotatable bonds is 13. The van der Waals surface area contributed by atoms with Crippen molar-refractivity contribution in [2.24, 2.45) is 5.73 Å². The Kier molecular flexibility index (Phi) is 36.2. The molecule has 0 aromatic carbocycles. The summed E-state index contributed by atoms with van der Waals surface area (Å²) in [6.07, 6.45) is 4.56. The molecular weight excluding hydrogens is 571 g/mol. The van der Waals surface area contributed by atoms with Gasteiger partial charge in [-0.2, -0.15) is 0 Å². The van der Waals surface area contributed by atoms with E-state index in [4.69, 9.17) is 9.47 Å². The fraction of sp³-hybridized carbons (Fsp3) is 0.464. The number of hydrogen-bond donors (Lipinski definition) is 1. The van der Waals surface area contributed by atoms with Gasteiger partial charge in [0.15, 0.2) is 6.10 Å². The van der Waals surface area contributed by atoms with E-state index in [1.165, 1.54) is 6.92 Å². The van der Waals surface area contributed by atoms with Gasteiger partial charge in [0.2, 0.25) is 5.91 Å². The third-order valence-electron chi connectivity index (χ3n) is 3.70. The zero-order valence-corrected chi connectivity index (χ0v) is 29.0. The van der Waals surface area contributed by atoms with Gasteiger partial charge in [-0.15, -0.1) is 0 Å². The molecule has 0 rings (SSSR count). The van der Waals surface area contributed by atoms with Gasteiger partial charge in [-0.3, -0.25) is 9.59 Å². The van der Waals surface area contributed by atoms with E-state index >= 15 is 0 Å². The SMILES string of the molecule is CC#CC#CC#CC#CC#CC#CC(=O)OC[C@@H](COP(=O)([O-])[O-])OC(=O)CCCCCCCC.CC(N)=O.[HH].[HH].[HH].[HH].[HH].[HH].[HH].[HH].[HH].[HH].[HH].[Na+].[Na+]. The normalized spacial score (nSPS) is 8.90. The largest absolute Gasteiger partial charge is 1.00 e. The molecule has 0 bridgehead atoms. The van der Waals surface area contributed by atoms with Crippen LogP contribution >= 0.6 is 7.82 Å². The van der Waals surface area contributed by atoms with Crippen LogP contribution in [0.2, 0.25) is 0 Å². The Labute approximate surface area is 303 Å². The molecule has 0 saturated heterocycles. The van der Waals surface area contributed by atoms with E-state index in [9.17, 15) is 28.7 Å². The molecule has 0 aromatic rings. The molecule has 0 aliphatic heterocycles. The van der Waals surface area contributed by atoms with Crippen molar-refractivity contribution >= 4 is 25.7 Å². The molecule has 0 saturated carbocycles. The molecule has 0 aliphatic carbocycles. The van der Waals surface area contributed by atoms with Crippen molar-refractivity contribution in [3.63, 3.8) is 0 Å². The molecule has 0 heterocycles. The maximum atomic E-state index is 12.0. The van der Waals surface area contributed by atoms with Crippen molar-refractivity contribution in [1.29, 1.82) is 0 Å². The molecule has 0 aliphatic rings. The minimum absolute atomic E-state index is 0. The van der Waals surface area contributed by atoms with Gasteiger partial charge in [0.05, 0.1) is 14.4 Å². The third kappa shape index (κ3) is 42.5. The van der Waals surface area contributed by atoms with Crippen LogP contribution in [-0.2, 0) is 32.9 Å². The predicted molar refractivity (Wildman–Crippen MR) is 163 cm³/mol. The summed E-state index contributed by atoms with van der Waals surface area (Å²) < 4.78 is 24.7. The van der Waals surface area contributed by atoms with Crippen molar-refractivity contribution in [2.75, 3.05) is 13.2 Å². The number of phosphoric ester groups is 1. The number of carbonyl (C=O) groups excluding carboxylic acids is 3. The Morgan fingerprint density at radius 2 is 1.29 bits per heavy atom. The van der Waals surface area contributed by atoms with Crippen molar-refractivity contribution in [1.82, 2.24) is 0 Å². The first-order valence-electron chi connectivity index (χ1n) is 11.7. The summed E-state index contributed by atoms with van der Waals surface area (Å²) in [5.74, 6) is 26.6. The molecule has 230 valence electrons. The number of unbranched alkanes of at least 4 members (excludes halogenated alkanes) is 5. The van der Waals surface area contributed by atoms with Crippen LogP contribution in [0.5, 0.6) is 0 Å². The van der Waals surface area contributed by atoms with E-state index in [1.807, 2.05) is 0 Å². The van der Waals surface area contributed by atoms with Crippen LogP contribution in [-0.4, -0.2) is 37.2 Å². The topological polar surface area (TPSA) is 168 Å². The molecule has 0 fully saturated rings. The minimum Gasteiger partial charge on any atom is -0.790 e. The number of ether oxygens (including phenoxy) is 2.